The predicted molar refractivity (Wildman–Crippen MR) is 43.6 cm³/mol. The van der Waals surface area contributed by atoms with Crippen molar-refractivity contribution in [1.82, 2.24) is 0 Å². The van der Waals surface area contributed by atoms with E-state index in [2.05, 4.69) is 0 Å². The lowest BCUT2D eigenvalue weighted by atomic mass is 10.3. The van der Waals surface area contributed by atoms with Crippen LogP contribution in [0.15, 0.2) is 23.6 Å². The highest BCUT2D eigenvalue weighted by atomic mass is 16.3. The lowest BCUT2D eigenvalue weighted by molar-refractivity contribution is 0.394. The summed E-state index contributed by atoms with van der Waals surface area (Å²) in [6.45, 7) is 3.87. The Morgan fingerprint density at radius 3 is 2.30 bits per heavy atom. The summed E-state index contributed by atoms with van der Waals surface area (Å²) in [6, 6.07) is 0. The minimum Gasteiger partial charge on any atom is -0.512 e. The fraction of sp³-hybridized carbons (Fsp3) is 0.500. The second kappa shape index (κ2) is 4.91. The molecule has 0 heterocycles. The molecule has 0 atom stereocenters. The molecule has 10 heavy (non-hydrogen) atoms. The zero-order valence-electron chi connectivity index (χ0n) is 6.59. The summed E-state index contributed by atoms with van der Waals surface area (Å²) in [4.78, 5) is 0. The first kappa shape index (κ1) is 9.08. The van der Waals surface area contributed by atoms with E-state index in [0.717, 1.165) is 12.1 Å². The van der Waals surface area contributed by atoms with Crippen molar-refractivity contribution in [3.63, 3.8) is 0 Å². The lowest BCUT2D eigenvalue weighted by Gasteiger charge is -1.92. The summed E-state index contributed by atoms with van der Waals surface area (Å²) in [6.07, 6.45) is 4.86. The van der Waals surface area contributed by atoms with Crippen LogP contribution in [0.2, 0.25) is 0 Å². The van der Waals surface area contributed by atoms with Gasteiger partial charge in [-0.3, -0.25) is 0 Å². The Balaban J connectivity index is 3.91. The van der Waals surface area contributed by atoms with Crippen molar-refractivity contribution < 1.29 is 5.11 Å². The molecule has 2 nitrogen and oxygen atoms in total. The first-order valence-corrected chi connectivity index (χ1v) is 3.54. The maximum atomic E-state index is 8.96. The number of aliphatic hydroxyl groups is 1. The van der Waals surface area contributed by atoms with E-state index < -0.39 is 0 Å². The molecule has 0 unspecified atom stereocenters. The maximum absolute atomic E-state index is 8.96. The second-order valence-corrected chi connectivity index (χ2v) is 2.11. The summed E-state index contributed by atoms with van der Waals surface area (Å²) in [5.41, 5.74) is 6.27. The van der Waals surface area contributed by atoms with E-state index in [1.54, 1.807) is 12.2 Å². The molecule has 0 aliphatic heterocycles. The van der Waals surface area contributed by atoms with E-state index in [9.17, 15) is 0 Å². The van der Waals surface area contributed by atoms with Gasteiger partial charge in [-0.25, -0.2) is 0 Å². The summed E-state index contributed by atoms with van der Waals surface area (Å²) in [5, 5.41) is 8.96. The summed E-state index contributed by atoms with van der Waals surface area (Å²) in [7, 11) is 0. The van der Waals surface area contributed by atoms with Crippen LogP contribution in [0.5, 0.6) is 0 Å². The molecule has 0 saturated carbocycles. The van der Waals surface area contributed by atoms with Gasteiger partial charge in [0.25, 0.3) is 0 Å². The SMILES string of the molecule is CC/C(N)=C\C=C(\O)CC. The highest BCUT2D eigenvalue weighted by Crippen LogP contribution is 1.97. The van der Waals surface area contributed by atoms with Crippen LogP contribution in [0, 0.1) is 0 Å². The molecule has 0 fully saturated rings. The summed E-state index contributed by atoms with van der Waals surface area (Å²) >= 11 is 0. The fourth-order valence-electron chi connectivity index (χ4n) is 0.439. The molecule has 0 bridgehead atoms. The molecule has 0 aliphatic rings. The predicted octanol–water partition coefficient (Wildman–Crippen LogP) is 2.09. The van der Waals surface area contributed by atoms with Gasteiger partial charge in [-0.2, -0.15) is 0 Å². The number of aliphatic hydroxyl groups excluding tert-OH is 1. The third-order valence-electron chi connectivity index (χ3n) is 1.26. The van der Waals surface area contributed by atoms with Crippen LogP contribution in [0.1, 0.15) is 26.7 Å². The highest BCUT2D eigenvalue weighted by molar-refractivity contribution is 5.11. The molecule has 0 spiro atoms. The molecule has 0 aromatic rings. The van der Waals surface area contributed by atoms with Gasteiger partial charge in [-0.1, -0.05) is 13.8 Å². The van der Waals surface area contributed by atoms with Gasteiger partial charge in [0.1, 0.15) is 0 Å². The van der Waals surface area contributed by atoms with Crippen LogP contribution in [0.3, 0.4) is 0 Å². The molecule has 0 aromatic carbocycles. The van der Waals surface area contributed by atoms with E-state index in [1.165, 1.54) is 0 Å². The van der Waals surface area contributed by atoms with Crippen LogP contribution in [0.25, 0.3) is 0 Å². The lowest BCUT2D eigenvalue weighted by Crippen LogP contribution is -1.93. The van der Waals surface area contributed by atoms with Crippen LogP contribution in [0.4, 0.5) is 0 Å². The van der Waals surface area contributed by atoms with E-state index >= 15 is 0 Å². The topological polar surface area (TPSA) is 46.2 Å². The van der Waals surface area contributed by atoms with E-state index in [0.29, 0.717) is 12.2 Å². The summed E-state index contributed by atoms with van der Waals surface area (Å²) < 4.78 is 0. The number of allylic oxidation sites excluding steroid dienone is 4. The van der Waals surface area contributed by atoms with E-state index in [-0.39, 0.29) is 0 Å². The number of hydrogen-bond donors (Lipinski definition) is 2. The van der Waals surface area contributed by atoms with Gasteiger partial charge in [0.15, 0.2) is 0 Å². The Bertz CT molecular complexity index is 129. The van der Waals surface area contributed by atoms with E-state index in [4.69, 9.17) is 10.8 Å². The quantitative estimate of drug-likeness (QED) is 0.467. The molecule has 2 heteroatoms. The monoisotopic (exact) mass is 141 g/mol. The number of nitrogens with two attached hydrogens (primary N) is 1. The molecular formula is C8H15NO. The zero-order chi connectivity index (χ0) is 7.98. The van der Waals surface area contributed by atoms with Crippen LogP contribution < -0.4 is 5.73 Å². The molecule has 0 rings (SSSR count). The van der Waals surface area contributed by atoms with Crippen LogP contribution in [-0.2, 0) is 0 Å². The Hall–Kier alpha value is -0.920. The normalized spacial score (nSPS) is 13.8. The molecule has 0 radical (unpaired) electrons. The van der Waals surface area contributed by atoms with Gasteiger partial charge in [-0.15, -0.1) is 0 Å². The Morgan fingerprint density at radius 1 is 1.30 bits per heavy atom. The molecule has 3 N–H and O–H groups in total. The first-order chi connectivity index (χ1) is 4.70. The molecule has 58 valence electrons. The van der Waals surface area contributed by atoms with Crippen LogP contribution in [-0.4, -0.2) is 5.11 Å². The van der Waals surface area contributed by atoms with Crippen molar-refractivity contribution in [3.8, 4) is 0 Å². The standard InChI is InChI=1S/C8H15NO/c1-3-7(9)5-6-8(10)4-2/h5-6,10H,3-4,9H2,1-2H3/b7-5+,8-6+. The van der Waals surface area contributed by atoms with Crippen molar-refractivity contribution in [3.05, 3.63) is 23.6 Å². The molecule has 0 aliphatic carbocycles. The fourth-order valence-corrected chi connectivity index (χ4v) is 0.439. The average Bonchev–Trinajstić information content (AvgIpc) is 1.99. The molecule has 0 aromatic heterocycles. The van der Waals surface area contributed by atoms with Gasteiger partial charge in [-0.05, 0) is 18.6 Å². The van der Waals surface area contributed by atoms with Crippen molar-refractivity contribution in [2.45, 2.75) is 26.7 Å². The second-order valence-electron chi connectivity index (χ2n) is 2.11. The van der Waals surface area contributed by atoms with Crippen molar-refractivity contribution >= 4 is 0 Å². The zero-order valence-corrected chi connectivity index (χ0v) is 6.59. The summed E-state index contributed by atoms with van der Waals surface area (Å²) in [5.74, 6) is 0.372. The number of rotatable bonds is 3. The van der Waals surface area contributed by atoms with Crippen molar-refractivity contribution in [2.75, 3.05) is 0 Å². The van der Waals surface area contributed by atoms with Crippen molar-refractivity contribution in [1.29, 1.82) is 0 Å². The van der Waals surface area contributed by atoms with Gasteiger partial charge in [0.2, 0.25) is 0 Å². The van der Waals surface area contributed by atoms with Gasteiger partial charge in [0, 0.05) is 12.1 Å². The first-order valence-electron chi connectivity index (χ1n) is 3.54. The minimum atomic E-state index is 0.372. The van der Waals surface area contributed by atoms with Crippen LogP contribution >= 0.6 is 0 Å². The molecule has 0 amide bonds. The minimum absolute atomic E-state index is 0.372. The largest absolute Gasteiger partial charge is 0.512 e. The van der Waals surface area contributed by atoms with Gasteiger partial charge >= 0.3 is 0 Å². The van der Waals surface area contributed by atoms with Crippen molar-refractivity contribution in [2.24, 2.45) is 5.73 Å². The van der Waals surface area contributed by atoms with Gasteiger partial charge < -0.3 is 10.8 Å². The van der Waals surface area contributed by atoms with E-state index in [1.807, 2.05) is 13.8 Å². The maximum Gasteiger partial charge on any atom is 0.0920 e. The Kier molecular flexibility index (Phi) is 4.46. The van der Waals surface area contributed by atoms with Gasteiger partial charge in [0.05, 0.1) is 5.76 Å². The highest BCUT2D eigenvalue weighted by Gasteiger charge is 1.84. The Labute approximate surface area is 62.0 Å². The smallest absolute Gasteiger partial charge is 0.0920 e. The molecular weight excluding hydrogens is 126 g/mol. The molecule has 0 saturated heterocycles. The third kappa shape index (κ3) is 4.01. The number of hydrogen-bond acceptors (Lipinski definition) is 2. The average molecular weight is 141 g/mol. The Morgan fingerprint density at radius 2 is 1.90 bits per heavy atom. The third-order valence-corrected chi connectivity index (χ3v) is 1.26.